The van der Waals surface area contributed by atoms with E-state index in [0.717, 1.165) is 20.8 Å². The predicted molar refractivity (Wildman–Crippen MR) is 98.3 cm³/mol. The molecule has 0 aliphatic carbocycles. The van der Waals surface area contributed by atoms with Crippen LogP contribution in [0.15, 0.2) is 52.0 Å². The van der Waals surface area contributed by atoms with E-state index in [4.69, 9.17) is 4.74 Å². The van der Waals surface area contributed by atoms with Gasteiger partial charge >= 0.3 is 0 Å². The normalized spacial score (nSPS) is 10.4. The van der Waals surface area contributed by atoms with Gasteiger partial charge in [0.1, 0.15) is 0 Å². The first-order chi connectivity index (χ1) is 11.2. The van der Waals surface area contributed by atoms with Gasteiger partial charge in [-0.25, -0.2) is 4.98 Å². The zero-order valence-electron chi connectivity index (χ0n) is 13.2. The lowest BCUT2D eigenvalue weighted by molar-refractivity contribution is -0.118. The van der Waals surface area contributed by atoms with Crippen LogP contribution in [0.1, 0.15) is 13.3 Å². The third-order valence-corrected chi connectivity index (χ3v) is 5.30. The highest BCUT2D eigenvalue weighted by molar-refractivity contribution is 9.10. The van der Waals surface area contributed by atoms with Gasteiger partial charge in [-0.05, 0) is 41.1 Å². The summed E-state index contributed by atoms with van der Waals surface area (Å²) in [5.74, 6) is 1.38. The number of rotatable bonds is 7. The first kappa shape index (κ1) is 17.8. The fourth-order valence-corrected chi connectivity index (χ4v) is 3.61. The average molecular weight is 395 g/mol. The number of anilines is 1. The molecule has 0 unspecified atom stereocenters. The van der Waals surface area contributed by atoms with E-state index in [2.05, 4.69) is 20.9 Å². The van der Waals surface area contributed by atoms with Crippen molar-refractivity contribution in [2.75, 3.05) is 24.3 Å². The molecular weight excluding hydrogens is 376 g/mol. The first-order valence-electron chi connectivity index (χ1n) is 7.33. The Morgan fingerprint density at radius 3 is 2.70 bits per heavy atom. The lowest BCUT2D eigenvalue weighted by Gasteiger charge is -2.20. The van der Waals surface area contributed by atoms with Crippen LogP contribution in [0.25, 0.3) is 0 Å². The van der Waals surface area contributed by atoms with Crippen molar-refractivity contribution < 1.29 is 9.53 Å². The van der Waals surface area contributed by atoms with Crippen molar-refractivity contribution in [3.8, 4) is 5.88 Å². The van der Waals surface area contributed by atoms with Crippen molar-refractivity contribution in [3.05, 3.63) is 47.1 Å². The molecule has 1 aromatic carbocycles. The Labute approximate surface area is 149 Å². The fraction of sp³-hybridized carbons (Fsp3) is 0.294. The second-order valence-electron chi connectivity index (χ2n) is 4.73. The number of thioether (sulfide) groups is 1. The lowest BCUT2D eigenvalue weighted by atomic mass is 10.3. The van der Waals surface area contributed by atoms with Crippen LogP contribution in [0.3, 0.4) is 0 Å². The van der Waals surface area contributed by atoms with Gasteiger partial charge in [0.05, 0.1) is 19.0 Å². The molecule has 122 valence electrons. The van der Waals surface area contributed by atoms with Crippen LogP contribution < -0.4 is 9.64 Å². The monoisotopic (exact) mass is 394 g/mol. The van der Waals surface area contributed by atoms with E-state index in [9.17, 15) is 4.79 Å². The van der Waals surface area contributed by atoms with E-state index in [1.165, 1.54) is 0 Å². The summed E-state index contributed by atoms with van der Waals surface area (Å²) in [4.78, 5) is 19.5. The zero-order valence-corrected chi connectivity index (χ0v) is 15.6. The molecule has 2 rings (SSSR count). The van der Waals surface area contributed by atoms with Crippen molar-refractivity contribution in [2.24, 2.45) is 0 Å². The molecular formula is C17H19BrN2O2S. The Morgan fingerprint density at radius 1 is 1.30 bits per heavy atom. The molecule has 0 radical (unpaired) electrons. The van der Waals surface area contributed by atoms with Gasteiger partial charge in [0.2, 0.25) is 11.8 Å². The number of hydrogen-bond acceptors (Lipinski definition) is 4. The van der Waals surface area contributed by atoms with Crippen molar-refractivity contribution in [3.63, 3.8) is 0 Å². The summed E-state index contributed by atoms with van der Waals surface area (Å²) in [6.45, 7) is 2.58. The molecule has 0 saturated carbocycles. The summed E-state index contributed by atoms with van der Waals surface area (Å²) in [5, 5.41) is 0. The van der Waals surface area contributed by atoms with Gasteiger partial charge in [-0.15, -0.1) is 11.8 Å². The summed E-state index contributed by atoms with van der Waals surface area (Å²) in [5.41, 5.74) is 0.796. The lowest BCUT2D eigenvalue weighted by Crippen LogP contribution is -2.30. The predicted octanol–water partition coefficient (Wildman–Crippen LogP) is 4.39. The number of pyridine rings is 1. The molecule has 1 aromatic heterocycles. The van der Waals surface area contributed by atoms with Gasteiger partial charge in [0.15, 0.2) is 0 Å². The van der Waals surface area contributed by atoms with Crippen LogP contribution in [0.4, 0.5) is 5.69 Å². The minimum atomic E-state index is 0.0963. The average Bonchev–Trinajstić information content (AvgIpc) is 2.58. The van der Waals surface area contributed by atoms with Gasteiger partial charge in [-0.3, -0.25) is 4.79 Å². The second kappa shape index (κ2) is 8.93. The number of ether oxygens (including phenoxy) is 1. The molecule has 0 fully saturated rings. The number of methoxy groups -OCH3 is 1. The zero-order chi connectivity index (χ0) is 16.7. The van der Waals surface area contributed by atoms with Crippen LogP contribution in [0.5, 0.6) is 5.88 Å². The van der Waals surface area contributed by atoms with Crippen molar-refractivity contribution in [1.82, 2.24) is 4.98 Å². The number of carbonyl (C=O) groups excluding carboxylic acids is 1. The molecule has 0 atom stereocenters. The van der Waals surface area contributed by atoms with E-state index in [-0.39, 0.29) is 5.91 Å². The highest BCUT2D eigenvalue weighted by Crippen LogP contribution is 2.27. The van der Waals surface area contributed by atoms with Crippen LogP contribution in [-0.4, -0.2) is 30.3 Å². The molecule has 0 N–H and O–H groups in total. The third-order valence-electron chi connectivity index (χ3n) is 3.27. The molecule has 4 nitrogen and oxygen atoms in total. The molecule has 0 spiro atoms. The maximum absolute atomic E-state index is 12.4. The van der Waals surface area contributed by atoms with Gasteiger partial charge in [-0.2, -0.15) is 0 Å². The smallest absolute Gasteiger partial charge is 0.227 e. The minimum Gasteiger partial charge on any atom is -0.481 e. The molecule has 1 heterocycles. The van der Waals surface area contributed by atoms with Crippen LogP contribution in [-0.2, 0) is 4.79 Å². The second-order valence-corrected chi connectivity index (χ2v) is 6.72. The standard InChI is InChI=1S/C17H19BrN2O2S/c1-3-20(13-8-9-16(22-2)19-12-13)17(21)10-11-23-15-7-5-4-6-14(15)18/h4-9,12H,3,10-11H2,1-2H3. The molecule has 0 aliphatic heterocycles. The number of carbonyl (C=O) groups is 1. The first-order valence-corrected chi connectivity index (χ1v) is 9.11. The van der Waals surface area contributed by atoms with Gasteiger partial charge in [0.25, 0.3) is 0 Å². The molecule has 1 amide bonds. The summed E-state index contributed by atoms with van der Waals surface area (Å²) < 4.78 is 6.11. The minimum absolute atomic E-state index is 0.0963. The summed E-state index contributed by atoms with van der Waals surface area (Å²) in [6.07, 6.45) is 2.15. The van der Waals surface area contributed by atoms with Crippen LogP contribution in [0, 0.1) is 0 Å². The van der Waals surface area contributed by atoms with Crippen LogP contribution in [0.2, 0.25) is 0 Å². The Kier molecular flexibility index (Phi) is 6.92. The van der Waals surface area contributed by atoms with E-state index >= 15 is 0 Å². The number of nitrogens with zero attached hydrogens (tertiary/aromatic N) is 2. The Bertz CT molecular complexity index is 649. The Balaban J connectivity index is 1.93. The van der Waals surface area contributed by atoms with Crippen molar-refractivity contribution >= 4 is 39.3 Å². The van der Waals surface area contributed by atoms with Gasteiger partial charge < -0.3 is 9.64 Å². The molecule has 23 heavy (non-hydrogen) atoms. The quantitative estimate of drug-likeness (QED) is 0.653. The summed E-state index contributed by atoms with van der Waals surface area (Å²) in [7, 11) is 1.57. The summed E-state index contributed by atoms with van der Waals surface area (Å²) in [6, 6.07) is 11.6. The maximum atomic E-state index is 12.4. The Morgan fingerprint density at radius 2 is 2.09 bits per heavy atom. The van der Waals surface area contributed by atoms with Gasteiger partial charge in [0, 0.05) is 34.2 Å². The number of aromatic nitrogens is 1. The number of halogens is 1. The molecule has 0 aliphatic rings. The van der Waals surface area contributed by atoms with Gasteiger partial charge in [-0.1, -0.05) is 12.1 Å². The number of amides is 1. The summed E-state index contributed by atoms with van der Waals surface area (Å²) >= 11 is 5.19. The van der Waals surface area contributed by atoms with E-state index < -0.39 is 0 Å². The molecule has 6 heteroatoms. The third kappa shape index (κ3) is 4.97. The SMILES string of the molecule is CCN(C(=O)CCSc1ccccc1Br)c1ccc(OC)nc1. The van der Waals surface area contributed by atoms with E-state index in [1.54, 1.807) is 36.0 Å². The van der Waals surface area contributed by atoms with Crippen LogP contribution >= 0.6 is 27.7 Å². The number of hydrogen-bond donors (Lipinski definition) is 0. The largest absolute Gasteiger partial charge is 0.481 e. The number of benzene rings is 1. The van der Waals surface area contributed by atoms with E-state index in [1.807, 2.05) is 37.3 Å². The molecule has 2 aromatic rings. The van der Waals surface area contributed by atoms with Crippen molar-refractivity contribution in [1.29, 1.82) is 0 Å². The maximum Gasteiger partial charge on any atom is 0.227 e. The topological polar surface area (TPSA) is 42.4 Å². The highest BCUT2D eigenvalue weighted by Gasteiger charge is 2.14. The molecule has 0 saturated heterocycles. The molecule has 0 bridgehead atoms. The van der Waals surface area contributed by atoms with Crippen molar-refractivity contribution in [2.45, 2.75) is 18.2 Å². The Hall–Kier alpha value is -1.53. The fourth-order valence-electron chi connectivity index (χ4n) is 2.10. The van der Waals surface area contributed by atoms with E-state index in [0.29, 0.717) is 18.8 Å². The highest BCUT2D eigenvalue weighted by atomic mass is 79.9.